The van der Waals surface area contributed by atoms with Crippen molar-refractivity contribution in [3.63, 3.8) is 0 Å². The average molecular weight is 376 g/mol. The van der Waals surface area contributed by atoms with Gasteiger partial charge < -0.3 is 14.9 Å². The minimum atomic E-state index is -1.51. The van der Waals surface area contributed by atoms with Crippen LogP contribution in [0.2, 0.25) is 0 Å². The summed E-state index contributed by atoms with van der Waals surface area (Å²) in [4.78, 5) is 24.6. The van der Waals surface area contributed by atoms with Crippen molar-refractivity contribution >= 4 is 11.8 Å². The van der Waals surface area contributed by atoms with Crippen molar-refractivity contribution in [2.24, 2.45) is 28.6 Å². The number of ether oxygens (including phenoxy) is 1. The van der Waals surface area contributed by atoms with Crippen molar-refractivity contribution < 1.29 is 24.5 Å². The predicted molar refractivity (Wildman–Crippen MR) is 99.7 cm³/mol. The van der Waals surface area contributed by atoms with Gasteiger partial charge in [0.05, 0.1) is 12.7 Å². The fraction of sp³-hybridized carbons (Fsp3) is 0.818. The van der Waals surface area contributed by atoms with Crippen molar-refractivity contribution in [2.45, 2.75) is 77.4 Å². The highest BCUT2D eigenvalue weighted by atomic mass is 16.5. The topological polar surface area (TPSA) is 83.8 Å². The Labute approximate surface area is 161 Å². The van der Waals surface area contributed by atoms with Crippen LogP contribution in [-0.2, 0) is 14.3 Å². The van der Waals surface area contributed by atoms with Crippen LogP contribution in [-0.4, -0.2) is 40.3 Å². The normalized spacial score (nSPS) is 48.9. The summed E-state index contributed by atoms with van der Waals surface area (Å²) < 4.78 is 5.21. The van der Waals surface area contributed by atoms with Crippen LogP contribution in [0.15, 0.2) is 11.6 Å². The first-order valence-electron chi connectivity index (χ1n) is 10.5. The van der Waals surface area contributed by atoms with Crippen LogP contribution in [0.4, 0.5) is 0 Å². The lowest BCUT2D eigenvalue weighted by atomic mass is 9.45. The number of rotatable bonds is 2. The molecule has 0 aromatic heterocycles. The fourth-order valence-electron chi connectivity index (χ4n) is 7.28. The second kappa shape index (κ2) is 6.15. The first-order valence-corrected chi connectivity index (χ1v) is 10.5. The molecule has 5 nitrogen and oxygen atoms in total. The Balaban J connectivity index is 1.71. The molecule has 0 aromatic carbocycles. The molecule has 0 aromatic rings. The van der Waals surface area contributed by atoms with Crippen molar-refractivity contribution in [3.8, 4) is 0 Å². The Morgan fingerprint density at radius 3 is 2.70 bits per heavy atom. The van der Waals surface area contributed by atoms with Crippen molar-refractivity contribution in [1.82, 2.24) is 0 Å². The third kappa shape index (κ3) is 2.43. The molecule has 0 bridgehead atoms. The lowest BCUT2D eigenvalue weighted by Crippen LogP contribution is -2.61. The quantitative estimate of drug-likeness (QED) is 0.724. The molecule has 27 heavy (non-hydrogen) atoms. The minimum Gasteiger partial charge on any atom is -0.464 e. The lowest BCUT2D eigenvalue weighted by molar-refractivity contribution is -0.199. The van der Waals surface area contributed by atoms with Gasteiger partial charge in [-0.15, -0.1) is 0 Å². The maximum absolute atomic E-state index is 12.6. The Hall–Kier alpha value is -1.20. The number of carbonyl (C=O) groups is 2. The van der Waals surface area contributed by atoms with E-state index in [-0.39, 0.29) is 35.6 Å². The van der Waals surface area contributed by atoms with Crippen LogP contribution in [0.3, 0.4) is 0 Å². The number of aliphatic hydroxyl groups excluding tert-OH is 1. The van der Waals surface area contributed by atoms with Crippen LogP contribution in [0, 0.1) is 28.6 Å². The second-order valence-electron chi connectivity index (χ2n) is 9.70. The molecule has 0 radical (unpaired) electrons. The van der Waals surface area contributed by atoms with Gasteiger partial charge in [0.1, 0.15) is 0 Å². The van der Waals surface area contributed by atoms with E-state index in [1.807, 2.05) is 13.0 Å². The number of aliphatic hydroxyl groups is 2. The highest BCUT2D eigenvalue weighted by Crippen LogP contribution is 2.67. The Morgan fingerprint density at radius 1 is 1.26 bits per heavy atom. The Kier molecular flexibility index (Phi) is 4.36. The summed E-state index contributed by atoms with van der Waals surface area (Å²) in [6.07, 6.45) is 5.96. The van der Waals surface area contributed by atoms with Gasteiger partial charge in [-0.1, -0.05) is 19.4 Å². The SMILES string of the molecule is CCOC(=O)[C@]1(O)CCC2C3CCC4=CC(=O)CC[C@@]4(C)C3[C@H](O)C[C@]21C. The summed E-state index contributed by atoms with van der Waals surface area (Å²) in [7, 11) is 0. The van der Waals surface area contributed by atoms with Crippen molar-refractivity contribution in [1.29, 1.82) is 0 Å². The number of allylic oxidation sites excluding steroid dienone is 1. The number of carbonyl (C=O) groups excluding carboxylic acids is 2. The predicted octanol–water partition coefficient (Wildman–Crippen LogP) is 2.78. The number of esters is 1. The number of fused-ring (bicyclic) bond motifs is 5. The first kappa shape index (κ1) is 19.1. The summed E-state index contributed by atoms with van der Waals surface area (Å²) in [6, 6.07) is 0. The molecule has 2 N–H and O–H groups in total. The van der Waals surface area contributed by atoms with Crippen molar-refractivity contribution in [3.05, 3.63) is 11.6 Å². The number of hydrogen-bond donors (Lipinski definition) is 2. The van der Waals surface area contributed by atoms with E-state index in [2.05, 4.69) is 6.92 Å². The van der Waals surface area contributed by atoms with Gasteiger partial charge in [0.15, 0.2) is 11.4 Å². The maximum atomic E-state index is 12.6. The summed E-state index contributed by atoms with van der Waals surface area (Å²) >= 11 is 0. The average Bonchev–Trinajstić information content (AvgIpc) is 2.87. The van der Waals surface area contributed by atoms with Gasteiger partial charge in [-0.25, -0.2) is 4.79 Å². The molecule has 3 fully saturated rings. The van der Waals surface area contributed by atoms with Crippen molar-refractivity contribution in [2.75, 3.05) is 6.61 Å². The highest BCUT2D eigenvalue weighted by Gasteiger charge is 2.69. The van der Waals surface area contributed by atoms with Gasteiger partial charge in [0.2, 0.25) is 0 Å². The molecular weight excluding hydrogens is 344 g/mol. The van der Waals surface area contributed by atoms with Crippen LogP contribution in [0.1, 0.15) is 65.7 Å². The van der Waals surface area contributed by atoms with Crippen LogP contribution in [0.5, 0.6) is 0 Å². The monoisotopic (exact) mass is 376 g/mol. The molecule has 4 aliphatic carbocycles. The molecule has 4 aliphatic rings. The Bertz CT molecular complexity index is 699. The summed E-state index contributed by atoms with van der Waals surface area (Å²) in [5.41, 5.74) is -1.13. The minimum absolute atomic E-state index is 0.0909. The van der Waals surface area contributed by atoms with Gasteiger partial charge in [-0.2, -0.15) is 0 Å². The first-order chi connectivity index (χ1) is 12.7. The van der Waals surface area contributed by atoms with E-state index in [9.17, 15) is 19.8 Å². The zero-order valence-electron chi connectivity index (χ0n) is 16.7. The molecule has 5 heteroatoms. The maximum Gasteiger partial charge on any atom is 0.338 e. The van der Waals surface area contributed by atoms with E-state index in [0.717, 1.165) is 25.7 Å². The highest BCUT2D eigenvalue weighted by molar-refractivity contribution is 5.91. The standard InChI is InChI=1S/C22H32O5/c1-4-27-19(25)22(26)10-8-16-15-6-5-13-11-14(23)7-9-20(13,2)18(15)17(24)12-21(16,22)3/h11,15-18,24,26H,4-10,12H2,1-3H3/t15?,16?,17-,18?,20-,21-,22-/m1/s1. The van der Waals surface area contributed by atoms with Crippen LogP contribution in [0.25, 0.3) is 0 Å². The number of ketones is 1. The van der Waals surface area contributed by atoms with E-state index in [1.165, 1.54) is 5.57 Å². The van der Waals surface area contributed by atoms with Crippen LogP contribution >= 0.6 is 0 Å². The van der Waals surface area contributed by atoms with Gasteiger partial charge >= 0.3 is 5.97 Å². The molecule has 0 amide bonds. The zero-order chi connectivity index (χ0) is 19.6. The summed E-state index contributed by atoms with van der Waals surface area (Å²) in [5, 5.41) is 22.6. The molecule has 0 heterocycles. The molecule has 3 unspecified atom stereocenters. The van der Waals surface area contributed by atoms with Gasteiger partial charge in [-0.3, -0.25) is 4.79 Å². The van der Waals surface area contributed by atoms with Gasteiger partial charge in [-0.05, 0) is 74.7 Å². The van der Waals surface area contributed by atoms with Crippen LogP contribution < -0.4 is 0 Å². The molecule has 150 valence electrons. The second-order valence-corrected chi connectivity index (χ2v) is 9.70. The third-order valence-electron chi connectivity index (χ3n) is 8.66. The zero-order valence-corrected chi connectivity index (χ0v) is 16.7. The molecule has 0 aliphatic heterocycles. The molecule has 4 rings (SSSR count). The smallest absolute Gasteiger partial charge is 0.338 e. The third-order valence-corrected chi connectivity index (χ3v) is 8.66. The van der Waals surface area contributed by atoms with E-state index in [1.54, 1.807) is 6.92 Å². The Morgan fingerprint density at radius 2 is 2.00 bits per heavy atom. The molecule has 0 saturated heterocycles. The van der Waals surface area contributed by atoms with E-state index >= 15 is 0 Å². The largest absolute Gasteiger partial charge is 0.464 e. The number of hydrogen-bond acceptors (Lipinski definition) is 5. The summed E-state index contributed by atoms with van der Waals surface area (Å²) in [6.45, 7) is 6.18. The fourth-order valence-corrected chi connectivity index (χ4v) is 7.28. The molecular formula is C22H32O5. The van der Waals surface area contributed by atoms with E-state index < -0.39 is 23.1 Å². The van der Waals surface area contributed by atoms with Gasteiger partial charge in [0, 0.05) is 11.8 Å². The van der Waals surface area contributed by atoms with E-state index in [4.69, 9.17) is 4.74 Å². The van der Waals surface area contributed by atoms with Gasteiger partial charge in [0.25, 0.3) is 0 Å². The lowest BCUT2D eigenvalue weighted by Gasteiger charge is -2.60. The summed E-state index contributed by atoms with van der Waals surface area (Å²) in [5.74, 6) is 0.210. The van der Waals surface area contributed by atoms with E-state index in [0.29, 0.717) is 19.3 Å². The molecule has 7 atom stereocenters. The molecule has 0 spiro atoms. The molecule has 3 saturated carbocycles.